The lowest BCUT2D eigenvalue weighted by atomic mass is 9.87. The van der Waals surface area contributed by atoms with Crippen LogP contribution in [0.1, 0.15) is 26.3 Å². The van der Waals surface area contributed by atoms with Gasteiger partial charge in [0.1, 0.15) is 0 Å². The van der Waals surface area contributed by atoms with Crippen molar-refractivity contribution >= 4 is 5.69 Å². The van der Waals surface area contributed by atoms with Gasteiger partial charge in [-0.1, -0.05) is 32.9 Å². The lowest BCUT2D eigenvalue weighted by Crippen LogP contribution is -2.10. The third-order valence-corrected chi connectivity index (χ3v) is 3.72. The molecule has 1 aromatic heterocycles. The molecule has 0 aliphatic rings. The first-order valence-corrected chi connectivity index (χ1v) is 7.49. The van der Waals surface area contributed by atoms with Crippen LogP contribution in [0.5, 0.6) is 0 Å². The van der Waals surface area contributed by atoms with E-state index in [0.717, 1.165) is 16.8 Å². The normalized spacial score (nSPS) is 11.5. The lowest BCUT2D eigenvalue weighted by Gasteiger charge is -2.18. The van der Waals surface area contributed by atoms with Crippen LogP contribution in [0.15, 0.2) is 52.9 Å². The maximum Gasteiger partial charge on any atom is 0.248 e. The molecule has 0 fully saturated rings. The van der Waals surface area contributed by atoms with Crippen molar-refractivity contribution < 1.29 is 4.42 Å². The van der Waals surface area contributed by atoms with Gasteiger partial charge in [0.05, 0.1) is 0 Å². The van der Waals surface area contributed by atoms with Crippen molar-refractivity contribution in [3.8, 4) is 22.9 Å². The molecule has 3 N–H and O–H groups in total. The van der Waals surface area contributed by atoms with E-state index in [4.69, 9.17) is 10.3 Å². The highest BCUT2D eigenvalue weighted by Crippen LogP contribution is 2.27. The van der Waals surface area contributed by atoms with E-state index in [2.05, 4.69) is 48.5 Å². The Balaban J connectivity index is 1.86. The molecule has 0 aliphatic heterocycles. The SMILES string of the molecule is CC(C)(C)c1ccc(-c2nnc(-c3ccc(NN)cc3)o2)cc1. The zero-order chi connectivity index (χ0) is 16.4. The number of hydrogen-bond donors (Lipinski definition) is 2. The van der Waals surface area contributed by atoms with Gasteiger partial charge in [-0.15, -0.1) is 10.2 Å². The topological polar surface area (TPSA) is 77.0 Å². The molecule has 0 aliphatic carbocycles. The van der Waals surface area contributed by atoms with Gasteiger partial charge >= 0.3 is 0 Å². The summed E-state index contributed by atoms with van der Waals surface area (Å²) in [7, 11) is 0. The van der Waals surface area contributed by atoms with Gasteiger partial charge in [-0.25, -0.2) is 0 Å². The molecule has 1 heterocycles. The molecule has 23 heavy (non-hydrogen) atoms. The number of rotatable bonds is 3. The summed E-state index contributed by atoms with van der Waals surface area (Å²) in [4.78, 5) is 0. The predicted octanol–water partition coefficient (Wildman–Crippen LogP) is 3.99. The molecule has 3 rings (SSSR count). The van der Waals surface area contributed by atoms with Crippen LogP contribution in [-0.4, -0.2) is 10.2 Å². The summed E-state index contributed by atoms with van der Waals surface area (Å²) < 4.78 is 5.78. The number of anilines is 1. The molecule has 0 unspecified atom stereocenters. The molecule has 0 amide bonds. The second kappa shape index (κ2) is 5.85. The zero-order valence-corrected chi connectivity index (χ0v) is 13.5. The lowest BCUT2D eigenvalue weighted by molar-refractivity contribution is 0.582. The number of nitrogens with one attached hydrogen (secondary N) is 1. The summed E-state index contributed by atoms with van der Waals surface area (Å²) in [5.74, 6) is 6.36. The van der Waals surface area contributed by atoms with E-state index in [1.807, 2.05) is 36.4 Å². The molecule has 0 saturated carbocycles. The van der Waals surface area contributed by atoms with E-state index in [1.54, 1.807) is 0 Å². The van der Waals surface area contributed by atoms with Crippen molar-refractivity contribution in [1.29, 1.82) is 0 Å². The fourth-order valence-corrected chi connectivity index (χ4v) is 2.28. The number of nitrogen functional groups attached to an aromatic ring is 1. The molecule has 5 heteroatoms. The first-order valence-electron chi connectivity index (χ1n) is 7.49. The van der Waals surface area contributed by atoms with E-state index in [-0.39, 0.29) is 5.41 Å². The molecule has 0 bridgehead atoms. The second-order valence-electron chi connectivity index (χ2n) is 6.46. The van der Waals surface area contributed by atoms with Gasteiger partial charge in [0.15, 0.2) is 0 Å². The van der Waals surface area contributed by atoms with Gasteiger partial charge < -0.3 is 9.84 Å². The van der Waals surface area contributed by atoms with Crippen molar-refractivity contribution in [1.82, 2.24) is 10.2 Å². The van der Waals surface area contributed by atoms with E-state index in [9.17, 15) is 0 Å². The molecule has 0 spiro atoms. The van der Waals surface area contributed by atoms with Crippen molar-refractivity contribution in [2.45, 2.75) is 26.2 Å². The first-order chi connectivity index (χ1) is 11.0. The first kappa shape index (κ1) is 15.2. The fraction of sp³-hybridized carbons (Fsp3) is 0.222. The number of hydrazine groups is 1. The van der Waals surface area contributed by atoms with E-state index < -0.39 is 0 Å². The van der Waals surface area contributed by atoms with Crippen LogP contribution in [-0.2, 0) is 5.41 Å². The minimum absolute atomic E-state index is 0.122. The highest BCUT2D eigenvalue weighted by atomic mass is 16.4. The number of hydrogen-bond acceptors (Lipinski definition) is 5. The van der Waals surface area contributed by atoms with Crippen LogP contribution in [0.4, 0.5) is 5.69 Å². The number of benzene rings is 2. The Morgan fingerprint density at radius 3 is 1.74 bits per heavy atom. The maximum absolute atomic E-state index is 5.78. The fourth-order valence-electron chi connectivity index (χ4n) is 2.28. The van der Waals surface area contributed by atoms with Crippen LogP contribution in [0.3, 0.4) is 0 Å². The van der Waals surface area contributed by atoms with Crippen LogP contribution in [0, 0.1) is 0 Å². The van der Waals surface area contributed by atoms with Gasteiger partial charge in [-0.05, 0) is 47.4 Å². The average Bonchev–Trinajstić information content (AvgIpc) is 3.04. The largest absolute Gasteiger partial charge is 0.416 e. The quantitative estimate of drug-likeness (QED) is 0.565. The monoisotopic (exact) mass is 308 g/mol. The standard InChI is InChI=1S/C18H20N4O/c1-18(2,3)14-8-4-12(5-9-14)16-21-22-17(23-16)13-6-10-15(20-19)11-7-13/h4-11,20H,19H2,1-3H3. The summed E-state index contributed by atoms with van der Waals surface area (Å²) in [5.41, 5.74) is 6.57. The van der Waals surface area contributed by atoms with Gasteiger partial charge in [-0.3, -0.25) is 5.84 Å². The van der Waals surface area contributed by atoms with Crippen LogP contribution >= 0.6 is 0 Å². The molecule has 0 atom stereocenters. The molecule has 0 saturated heterocycles. The summed E-state index contributed by atoms with van der Waals surface area (Å²) in [6, 6.07) is 15.7. The smallest absolute Gasteiger partial charge is 0.248 e. The number of nitrogens with two attached hydrogens (primary N) is 1. The Morgan fingerprint density at radius 2 is 1.30 bits per heavy atom. The van der Waals surface area contributed by atoms with Crippen molar-refractivity contribution in [3.63, 3.8) is 0 Å². The molecular weight excluding hydrogens is 288 g/mol. The molecular formula is C18H20N4O. The Morgan fingerprint density at radius 1 is 0.826 bits per heavy atom. The number of nitrogens with zero attached hydrogens (tertiary/aromatic N) is 2. The van der Waals surface area contributed by atoms with E-state index in [1.165, 1.54) is 5.56 Å². The molecule has 5 nitrogen and oxygen atoms in total. The third-order valence-electron chi connectivity index (χ3n) is 3.72. The zero-order valence-electron chi connectivity index (χ0n) is 13.5. The Bertz CT molecular complexity index is 783. The predicted molar refractivity (Wildman–Crippen MR) is 91.7 cm³/mol. The summed E-state index contributed by atoms with van der Waals surface area (Å²) in [5, 5.41) is 8.26. The van der Waals surface area contributed by atoms with Crippen LogP contribution < -0.4 is 11.3 Å². The highest BCUT2D eigenvalue weighted by Gasteiger charge is 2.15. The Kier molecular flexibility index (Phi) is 3.88. The summed E-state index contributed by atoms with van der Waals surface area (Å²) >= 11 is 0. The minimum Gasteiger partial charge on any atom is -0.416 e. The van der Waals surface area contributed by atoms with Gasteiger partial charge in [0, 0.05) is 16.8 Å². The van der Waals surface area contributed by atoms with Gasteiger partial charge in [-0.2, -0.15) is 0 Å². The molecule has 0 radical (unpaired) electrons. The summed E-state index contributed by atoms with van der Waals surface area (Å²) in [6.07, 6.45) is 0. The van der Waals surface area contributed by atoms with Gasteiger partial charge in [0.2, 0.25) is 11.8 Å². The third kappa shape index (κ3) is 3.24. The summed E-state index contributed by atoms with van der Waals surface area (Å²) in [6.45, 7) is 6.56. The van der Waals surface area contributed by atoms with Gasteiger partial charge in [0.25, 0.3) is 0 Å². The maximum atomic E-state index is 5.78. The van der Waals surface area contributed by atoms with Crippen LogP contribution in [0.25, 0.3) is 22.9 Å². The second-order valence-corrected chi connectivity index (χ2v) is 6.46. The molecule has 118 valence electrons. The van der Waals surface area contributed by atoms with Crippen molar-refractivity contribution in [3.05, 3.63) is 54.1 Å². The Hall–Kier alpha value is -2.66. The van der Waals surface area contributed by atoms with Crippen molar-refractivity contribution in [2.75, 3.05) is 5.43 Å². The molecule has 3 aromatic rings. The highest BCUT2D eigenvalue weighted by molar-refractivity contribution is 5.60. The minimum atomic E-state index is 0.122. The number of aromatic nitrogens is 2. The van der Waals surface area contributed by atoms with E-state index >= 15 is 0 Å². The molecule has 2 aromatic carbocycles. The van der Waals surface area contributed by atoms with Crippen molar-refractivity contribution in [2.24, 2.45) is 5.84 Å². The Labute approximate surface area is 135 Å². The van der Waals surface area contributed by atoms with Crippen LogP contribution in [0.2, 0.25) is 0 Å². The van der Waals surface area contributed by atoms with E-state index in [0.29, 0.717) is 11.8 Å². The average molecular weight is 308 g/mol.